The Morgan fingerprint density at radius 2 is 2.03 bits per heavy atom. The molecule has 1 aromatic carbocycles. The molecule has 1 aliphatic carbocycles. The van der Waals surface area contributed by atoms with Gasteiger partial charge in [0.05, 0.1) is 35.8 Å². The predicted octanol–water partition coefficient (Wildman–Crippen LogP) is 3.62. The molecule has 2 unspecified atom stereocenters. The third-order valence-corrected chi connectivity index (χ3v) is 7.86. The molecule has 3 atom stereocenters. The van der Waals surface area contributed by atoms with Gasteiger partial charge in [0, 0.05) is 43.4 Å². The second kappa shape index (κ2) is 9.26. The molecule has 0 spiro atoms. The van der Waals surface area contributed by atoms with Crippen molar-refractivity contribution < 1.29 is 32.2 Å². The Morgan fingerprint density at radius 3 is 2.72 bits per heavy atom. The molecule has 2 aliphatic heterocycles. The first-order chi connectivity index (χ1) is 18.3. The van der Waals surface area contributed by atoms with Crippen LogP contribution in [-0.2, 0) is 14.3 Å². The van der Waals surface area contributed by atoms with E-state index in [1.54, 1.807) is 43.9 Å². The number of benzene rings is 1. The quantitative estimate of drug-likeness (QED) is 0.625. The fraction of sp³-hybridized carbons (Fsp3) is 0.556. The van der Waals surface area contributed by atoms with Gasteiger partial charge in [0.25, 0.3) is 0 Å². The number of rotatable bonds is 4. The number of halogens is 3. The van der Waals surface area contributed by atoms with Crippen molar-refractivity contribution in [1.82, 2.24) is 15.2 Å². The average Bonchev–Trinajstić information content (AvgIpc) is 3.43. The van der Waals surface area contributed by atoms with Crippen molar-refractivity contribution in [3.8, 4) is 6.07 Å². The Kier molecular flexibility index (Phi) is 6.41. The zero-order valence-corrected chi connectivity index (χ0v) is 22.0. The monoisotopic (exact) mass is 545 g/mol. The van der Waals surface area contributed by atoms with Crippen LogP contribution in [0.5, 0.6) is 0 Å². The fourth-order valence-electron chi connectivity index (χ4n) is 5.88. The number of carbonyl (C=O) groups is 2. The van der Waals surface area contributed by atoms with Crippen molar-refractivity contribution in [3.63, 3.8) is 0 Å². The fourth-order valence-corrected chi connectivity index (χ4v) is 5.88. The third kappa shape index (κ3) is 4.52. The number of anilines is 1. The lowest BCUT2D eigenvalue weighted by Crippen LogP contribution is -2.55. The molecule has 2 aromatic rings. The van der Waals surface area contributed by atoms with E-state index in [0.29, 0.717) is 28.8 Å². The summed E-state index contributed by atoms with van der Waals surface area (Å²) in [5, 5.41) is 12.7. The summed E-state index contributed by atoms with van der Waals surface area (Å²) in [4.78, 5) is 33.4. The molecule has 12 heteroatoms. The van der Waals surface area contributed by atoms with Crippen molar-refractivity contribution in [1.29, 1.82) is 5.26 Å². The normalized spacial score (nSPS) is 26.6. The van der Waals surface area contributed by atoms with E-state index in [1.165, 1.54) is 17.2 Å². The lowest BCUT2D eigenvalue weighted by atomic mass is 9.94. The molecular weight excluding hydrogens is 515 g/mol. The molecule has 9 nitrogen and oxygen atoms in total. The van der Waals surface area contributed by atoms with Crippen LogP contribution in [0.25, 0.3) is 10.9 Å². The Labute approximate surface area is 223 Å². The number of aromatic nitrogens is 1. The van der Waals surface area contributed by atoms with Crippen molar-refractivity contribution in [2.45, 2.75) is 45.0 Å². The van der Waals surface area contributed by atoms with Crippen LogP contribution in [-0.4, -0.2) is 79.1 Å². The number of pyridine rings is 1. The number of fused-ring (bicyclic) bond motifs is 2. The van der Waals surface area contributed by atoms with Gasteiger partial charge in [-0.05, 0) is 51.5 Å². The zero-order chi connectivity index (χ0) is 28.2. The number of hydrogen-bond donors (Lipinski definition) is 1. The molecule has 5 rings (SSSR count). The maximum Gasteiger partial charge on any atom is 0.410 e. The third-order valence-electron chi connectivity index (χ3n) is 7.86. The maximum atomic E-state index is 14.5. The highest BCUT2D eigenvalue weighted by atomic mass is 19.4. The predicted molar refractivity (Wildman–Crippen MR) is 135 cm³/mol. The summed E-state index contributed by atoms with van der Waals surface area (Å²) in [5.74, 6) is -0.701. The van der Waals surface area contributed by atoms with Crippen molar-refractivity contribution in [2.75, 3.05) is 44.3 Å². The summed E-state index contributed by atoms with van der Waals surface area (Å²) in [6, 6.07) is 8.01. The molecule has 3 aliphatic rings. The number of nitrogens with one attached hydrogen (secondary N) is 1. The summed E-state index contributed by atoms with van der Waals surface area (Å²) in [6.07, 6.45) is -3.95. The van der Waals surface area contributed by atoms with Crippen LogP contribution in [0.3, 0.4) is 0 Å². The molecule has 39 heavy (non-hydrogen) atoms. The van der Waals surface area contributed by atoms with Crippen LogP contribution < -0.4 is 10.2 Å². The highest BCUT2D eigenvalue weighted by molar-refractivity contribution is 5.97. The molecular formula is C27H30F3N5O4. The minimum absolute atomic E-state index is 0.0581. The molecule has 2 saturated heterocycles. The first-order valence-electron chi connectivity index (χ1n) is 12.8. The highest BCUT2D eigenvalue weighted by Crippen LogP contribution is 2.75. The van der Waals surface area contributed by atoms with Gasteiger partial charge in [-0.15, -0.1) is 0 Å². The van der Waals surface area contributed by atoms with Crippen LogP contribution in [0.2, 0.25) is 0 Å². The Bertz CT molecular complexity index is 1350. The number of hydrogen-bond acceptors (Lipinski definition) is 7. The number of nitrogens with zero attached hydrogens (tertiary/aromatic N) is 4. The number of morpholine rings is 1. The average molecular weight is 546 g/mol. The summed E-state index contributed by atoms with van der Waals surface area (Å²) in [5.41, 5.74) is -3.36. The van der Waals surface area contributed by atoms with E-state index in [0.717, 1.165) is 0 Å². The molecule has 0 bridgehead atoms. The van der Waals surface area contributed by atoms with Crippen LogP contribution in [0, 0.1) is 22.2 Å². The van der Waals surface area contributed by atoms with Crippen molar-refractivity contribution in [2.24, 2.45) is 10.8 Å². The SMILES string of the molecule is CC(C)(C)OC(=O)N1CCOC[C@H]1CNC(=O)C12CN(c3ccc(C#N)c4ncccc34)CC1(C(F)(F)F)C2. The van der Waals surface area contributed by atoms with Gasteiger partial charge in [0.2, 0.25) is 5.91 Å². The van der Waals surface area contributed by atoms with Gasteiger partial charge in [-0.3, -0.25) is 14.7 Å². The molecule has 3 fully saturated rings. The second-order valence-corrected chi connectivity index (χ2v) is 11.5. The zero-order valence-electron chi connectivity index (χ0n) is 22.0. The number of carbonyl (C=O) groups excluding carboxylic acids is 2. The van der Waals surface area contributed by atoms with Gasteiger partial charge in [0.15, 0.2) is 0 Å². The highest BCUT2D eigenvalue weighted by Gasteiger charge is 2.86. The van der Waals surface area contributed by atoms with E-state index in [9.17, 15) is 28.0 Å². The van der Waals surface area contributed by atoms with Gasteiger partial charge in [-0.25, -0.2) is 4.79 Å². The minimum Gasteiger partial charge on any atom is -0.444 e. The van der Waals surface area contributed by atoms with Gasteiger partial charge in [-0.2, -0.15) is 18.4 Å². The molecule has 0 radical (unpaired) electrons. The van der Waals surface area contributed by atoms with E-state index < -0.39 is 40.6 Å². The Balaban J connectivity index is 1.37. The van der Waals surface area contributed by atoms with Gasteiger partial charge < -0.3 is 19.7 Å². The van der Waals surface area contributed by atoms with E-state index in [4.69, 9.17) is 9.47 Å². The molecule has 1 N–H and O–H groups in total. The minimum atomic E-state index is -4.60. The number of piperidine rings is 1. The van der Waals surface area contributed by atoms with E-state index in [2.05, 4.69) is 16.4 Å². The first kappa shape index (κ1) is 27.0. The van der Waals surface area contributed by atoms with Gasteiger partial charge >= 0.3 is 12.3 Å². The largest absolute Gasteiger partial charge is 0.444 e. The smallest absolute Gasteiger partial charge is 0.410 e. The number of alkyl halides is 3. The standard InChI is InChI=1S/C27H30F3N5O4/c1-24(2,3)39-23(37)35-9-10-38-13-18(35)12-33-22(36)25-14-26(25,27(28,29)30)16-34(15-25)20-7-6-17(11-31)21-19(20)5-4-8-32-21/h4-8,18H,9-10,12-16H2,1-3H3,(H,33,36)/t18-,25?,26?/m1/s1. The summed E-state index contributed by atoms with van der Waals surface area (Å²) in [6.45, 7) is 5.33. The number of nitriles is 1. The van der Waals surface area contributed by atoms with Crippen molar-refractivity contribution in [3.05, 3.63) is 36.0 Å². The second-order valence-electron chi connectivity index (χ2n) is 11.5. The molecule has 208 valence electrons. The topological polar surface area (TPSA) is 108 Å². The molecule has 1 saturated carbocycles. The molecule has 1 aromatic heterocycles. The number of ether oxygens (including phenoxy) is 2. The molecule has 3 heterocycles. The van der Waals surface area contributed by atoms with Gasteiger partial charge in [0.1, 0.15) is 17.1 Å². The number of amides is 2. The maximum absolute atomic E-state index is 14.5. The lowest BCUT2D eigenvalue weighted by molar-refractivity contribution is -0.191. The first-order valence-corrected chi connectivity index (χ1v) is 12.8. The van der Waals surface area contributed by atoms with E-state index in [1.807, 2.05) is 0 Å². The van der Waals surface area contributed by atoms with Crippen LogP contribution in [0.4, 0.5) is 23.7 Å². The Morgan fingerprint density at radius 1 is 1.26 bits per heavy atom. The van der Waals surface area contributed by atoms with Gasteiger partial charge in [-0.1, -0.05) is 0 Å². The Hall–Kier alpha value is -3.59. The van der Waals surface area contributed by atoms with Crippen LogP contribution >= 0.6 is 0 Å². The van der Waals surface area contributed by atoms with E-state index in [-0.39, 0.29) is 39.2 Å². The lowest BCUT2D eigenvalue weighted by Gasteiger charge is -2.36. The van der Waals surface area contributed by atoms with E-state index >= 15 is 0 Å². The van der Waals surface area contributed by atoms with Crippen molar-refractivity contribution >= 4 is 28.6 Å². The molecule has 2 amide bonds. The summed E-state index contributed by atoms with van der Waals surface area (Å²) < 4.78 is 54.4. The van der Waals surface area contributed by atoms with Crippen LogP contribution in [0.1, 0.15) is 32.8 Å². The summed E-state index contributed by atoms with van der Waals surface area (Å²) >= 11 is 0. The summed E-state index contributed by atoms with van der Waals surface area (Å²) in [7, 11) is 0. The van der Waals surface area contributed by atoms with Crippen LogP contribution in [0.15, 0.2) is 30.5 Å².